The number of ether oxygens (including phenoxy) is 1. The van der Waals surface area contributed by atoms with Crippen molar-refractivity contribution in [3.63, 3.8) is 0 Å². The van der Waals surface area contributed by atoms with E-state index >= 15 is 0 Å². The van der Waals surface area contributed by atoms with Crippen molar-refractivity contribution >= 4 is 22.7 Å². The Morgan fingerprint density at radius 2 is 2.05 bits per heavy atom. The lowest BCUT2D eigenvalue weighted by molar-refractivity contribution is -0.137. The van der Waals surface area contributed by atoms with Gasteiger partial charge in [-0.25, -0.2) is 9.18 Å². The number of nitrogens with zero attached hydrogens (tertiary/aromatic N) is 1. The van der Waals surface area contributed by atoms with Gasteiger partial charge in [-0.3, -0.25) is 4.79 Å². The average molecular weight is 277 g/mol. The molecule has 20 heavy (non-hydrogen) atoms. The number of aromatic nitrogens is 1. The van der Waals surface area contributed by atoms with E-state index in [2.05, 4.69) is 0 Å². The summed E-state index contributed by atoms with van der Waals surface area (Å²) in [4.78, 5) is 23.7. The maximum absolute atomic E-state index is 14.0. The number of esters is 1. The van der Waals surface area contributed by atoms with Gasteiger partial charge in [0.05, 0.1) is 17.8 Å². The smallest absolute Gasteiger partial charge is 0.381 e. The van der Waals surface area contributed by atoms with E-state index in [1.807, 2.05) is 13.8 Å². The Morgan fingerprint density at radius 3 is 2.65 bits per heavy atom. The largest absolute Gasteiger partial charge is 0.460 e. The number of para-hydroxylation sites is 1. The van der Waals surface area contributed by atoms with Crippen molar-refractivity contribution in [1.29, 1.82) is 0 Å². The fourth-order valence-electron chi connectivity index (χ4n) is 2.25. The van der Waals surface area contributed by atoms with Crippen LogP contribution in [0.3, 0.4) is 0 Å². The number of carbonyl (C=O) groups excluding carboxylic acids is 2. The molecule has 4 nitrogen and oxygen atoms in total. The van der Waals surface area contributed by atoms with Gasteiger partial charge in [0.1, 0.15) is 5.82 Å². The van der Waals surface area contributed by atoms with E-state index in [-0.39, 0.29) is 18.3 Å². The first-order valence-corrected chi connectivity index (χ1v) is 6.48. The summed E-state index contributed by atoms with van der Waals surface area (Å²) in [6, 6.07) is 5.98. The summed E-state index contributed by atoms with van der Waals surface area (Å²) in [7, 11) is 0. The molecule has 0 radical (unpaired) electrons. The predicted molar refractivity (Wildman–Crippen MR) is 73.2 cm³/mol. The normalized spacial score (nSPS) is 11.1. The van der Waals surface area contributed by atoms with E-state index in [1.54, 1.807) is 19.1 Å². The molecule has 0 saturated heterocycles. The zero-order valence-corrected chi connectivity index (χ0v) is 11.6. The molecule has 5 heteroatoms. The van der Waals surface area contributed by atoms with Gasteiger partial charge in [0, 0.05) is 11.4 Å². The van der Waals surface area contributed by atoms with Gasteiger partial charge < -0.3 is 9.30 Å². The maximum atomic E-state index is 14.0. The minimum atomic E-state index is -0.919. The van der Waals surface area contributed by atoms with Gasteiger partial charge in [0.2, 0.25) is 0 Å². The summed E-state index contributed by atoms with van der Waals surface area (Å²) >= 11 is 0. The predicted octanol–water partition coefficient (Wildman–Crippen LogP) is 3.11. The van der Waals surface area contributed by atoms with Gasteiger partial charge in [-0.1, -0.05) is 12.1 Å². The molecule has 0 atom stereocenters. The van der Waals surface area contributed by atoms with Crippen LogP contribution in [0.25, 0.3) is 10.9 Å². The number of hydrogen-bond donors (Lipinski definition) is 0. The van der Waals surface area contributed by atoms with Crippen LogP contribution < -0.4 is 0 Å². The van der Waals surface area contributed by atoms with Crippen LogP contribution in [-0.2, 0) is 9.53 Å². The molecule has 0 amide bonds. The summed E-state index contributed by atoms with van der Waals surface area (Å²) in [5.74, 6) is -2.09. The number of fused-ring (bicyclic) bond motifs is 1. The van der Waals surface area contributed by atoms with Gasteiger partial charge in [-0.2, -0.15) is 0 Å². The molecule has 1 aromatic carbocycles. The fourth-order valence-corrected chi connectivity index (χ4v) is 2.25. The van der Waals surface area contributed by atoms with E-state index in [0.717, 1.165) is 0 Å². The zero-order valence-electron chi connectivity index (χ0n) is 11.6. The summed E-state index contributed by atoms with van der Waals surface area (Å²) in [5, 5.41) is 0.589. The Morgan fingerprint density at radius 1 is 1.35 bits per heavy atom. The number of carbonyl (C=O) groups is 2. The van der Waals surface area contributed by atoms with E-state index < -0.39 is 17.6 Å². The molecule has 0 spiro atoms. The zero-order chi connectivity index (χ0) is 14.9. The molecular formula is C15H16FNO3. The van der Waals surface area contributed by atoms with E-state index in [9.17, 15) is 14.0 Å². The Labute approximate surface area is 116 Å². The molecule has 0 aliphatic carbocycles. The number of benzene rings is 1. The summed E-state index contributed by atoms with van der Waals surface area (Å²) in [6.45, 7) is 5.41. The third kappa shape index (κ3) is 2.31. The van der Waals surface area contributed by atoms with Crippen LogP contribution in [0.2, 0.25) is 0 Å². The molecule has 0 saturated carbocycles. The first-order chi connectivity index (χ1) is 9.47. The Hall–Kier alpha value is -2.17. The van der Waals surface area contributed by atoms with Gasteiger partial charge in [0.15, 0.2) is 0 Å². The lowest BCUT2D eigenvalue weighted by atomic mass is 10.2. The molecule has 0 aliphatic heterocycles. The fraction of sp³-hybridized carbons (Fsp3) is 0.333. The molecule has 0 unspecified atom stereocenters. The second kappa shape index (κ2) is 5.45. The van der Waals surface area contributed by atoms with Gasteiger partial charge >= 0.3 is 5.97 Å². The monoisotopic (exact) mass is 277 g/mol. The van der Waals surface area contributed by atoms with Gasteiger partial charge in [0.25, 0.3) is 5.78 Å². The van der Waals surface area contributed by atoms with Crippen molar-refractivity contribution in [2.75, 3.05) is 6.61 Å². The van der Waals surface area contributed by atoms with E-state index in [1.165, 1.54) is 16.7 Å². The van der Waals surface area contributed by atoms with Crippen LogP contribution in [0.5, 0.6) is 0 Å². The van der Waals surface area contributed by atoms with Crippen molar-refractivity contribution in [1.82, 2.24) is 4.57 Å². The second-order valence-corrected chi connectivity index (χ2v) is 4.72. The highest BCUT2D eigenvalue weighted by Gasteiger charge is 2.25. The number of rotatable bonds is 4. The lowest BCUT2D eigenvalue weighted by Gasteiger charge is -2.13. The third-order valence-electron chi connectivity index (χ3n) is 3.02. The van der Waals surface area contributed by atoms with Crippen molar-refractivity contribution < 1.29 is 18.7 Å². The Kier molecular flexibility index (Phi) is 3.88. The topological polar surface area (TPSA) is 48.3 Å². The maximum Gasteiger partial charge on any atom is 0.381 e. The molecule has 0 aliphatic rings. The minimum absolute atomic E-state index is 0.126. The van der Waals surface area contributed by atoms with Crippen LogP contribution >= 0.6 is 0 Å². The molecule has 2 rings (SSSR count). The van der Waals surface area contributed by atoms with Crippen LogP contribution in [0.1, 0.15) is 37.3 Å². The average Bonchev–Trinajstić information content (AvgIpc) is 2.79. The highest BCUT2D eigenvalue weighted by Crippen LogP contribution is 2.26. The molecule has 0 fully saturated rings. The summed E-state index contributed by atoms with van der Waals surface area (Å²) in [6.07, 6.45) is 0. The highest BCUT2D eigenvalue weighted by molar-refractivity contribution is 6.40. The summed E-state index contributed by atoms with van der Waals surface area (Å²) < 4.78 is 20.2. The molecule has 106 valence electrons. The molecule has 0 bridgehead atoms. The minimum Gasteiger partial charge on any atom is -0.460 e. The van der Waals surface area contributed by atoms with Gasteiger partial charge in [-0.15, -0.1) is 0 Å². The highest BCUT2D eigenvalue weighted by atomic mass is 19.1. The SMILES string of the molecule is CCOC(=O)C(=O)c1cc2cccc(F)c2n1C(C)C. The van der Waals surface area contributed by atoms with Crippen LogP contribution in [0.4, 0.5) is 4.39 Å². The first kappa shape index (κ1) is 14.2. The van der Waals surface area contributed by atoms with E-state index in [0.29, 0.717) is 10.9 Å². The van der Waals surface area contributed by atoms with Crippen molar-refractivity contribution in [3.8, 4) is 0 Å². The Bertz CT molecular complexity index is 673. The van der Waals surface area contributed by atoms with Crippen LogP contribution in [0, 0.1) is 5.82 Å². The quantitative estimate of drug-likeness (QED) is 0.490. The number of ketones is 1. The van der Waals surface area contributed by atoms with Crippen LogP contribution in [-0.4, -0.2) is 22.9 Å². The number of hydrogen-bond acceptors (Lipinski definition) is 3. The Balaban J connectivity index is 2.64. The van der Waals surface area contributed by atoms with Crippen molar-refractivity contribution in [2.24, 2.45) is 0 Å². The number of Topliss-reactive ketones (excluding diaryl/α,β-unsaturated/α-hetero) is 1. The standard InChI is InChI=1S/C15H16FNO3/c1-4-20-15(19)14(18)12-8-10-6-5-7-11(16)13(10)17(12)9(2)3/h5-9H,4H2,1-3H3. The molecule has 2 aromatic rings. The molecule has 0 N–H and O–H groups in total. The molecule has 1 heterocycles. The van der Waals surface area contributed by atoms with Crippen molar-refractivity contribution in [3.05, 3.63) is 35.8 Å². The molecular weight excluding hydrogens is 261 g/mol. The van der Waals surface area contributed by atoms with Crippen molar-refractivity contribution in [2.45, 2.75) is 26.8 Å². The second-order valence-electron chi connectivity index (χ2n) is 4.72. The lowest BCUT2D eigenvalue weighted by Crippen LogP contribution is -2.21. The van der Waals surface area contributed by atoms with Gasteiger partial charge in [-0.05, 0) is 32.9 Å². The van der Waals surface area contributed by atoms with E-state index in [4.69, 9.17) is 4.74 Å². The summed E-state index contributed by atoms with van der Waals surface area (Å²) in [5.41, 5.74) is 0.480. The molecule has 1 aromatic heterocycles. The number of halogens is 1. The first-order valence-electron chi connectivity index (χ1n) is 6.48. The third-order valence-corrected chi connectivity index (χ3v) is 3.02. The van der Waals surface area contributed by atoms with Crippen LogP contribution in [0.15, 0.2) is 24.3 Å².